The molecule has 0 bridgehead atoms. The molecule has 2 aromatic rings. The van der Waals surface area contributed by atoms with Crippen LogP contribution in [-0.2, 0) is 11.2 Å². The van der Waals surface area contributed by atoms with Gasteiger partial charge in [-0.25, -0.2) is 9.38 Å². The summed E-state index contributed by atoms with van der Waals surface area (Å²) < 4.78 is 19.3. The predicted molar refractivity (Wildman–Crippen MR) is 137 cm³/mol. The summed E-state index contributed by atoms with van der Waals surface area (Å²) >= 11 is 1.78. The minimum atomic E-state index is -0.248. The summed E-state index contributed by atoms with van der Waals surface area (Å²) in [4.78, 5) is 11.3. The van der Waals surface area contributed by atoms with Gasteiger partial charge in [0.05, 0.1) is 16.9 Å². The number of aryl methyl sites for hydroxylation is 1. The summed E-state index contributed by atoms with van der Waals surface area (Å²) in [5.41, 5.74) is 3.96. The lowest BCUT2D eigenvalue weighted by molar-refractivity contribution is 0.100. The number of aliphatic imine (C=N–C) groups is 1. The molecule has 0 saturated carbocycles. The standard InChI is InChI=1S/C23H27FN4OS.2ClH/c1-27-10-11-28(14-16(27)9-12-29-2)22-21-17-5-3-4-6-20(17)30-23(21)26-19-13-15(24)7-8-18(19)25-22;;/h3,5,7-8,13,16,26H,4,6,9-12,14H2,1-2H3;2*1H/t16-;;/m0../s1. The van der Waals surface area contributed by atoms with Gasteiger partial charge in [0.25, 0.3) is 0 Å². The van der Waals surface area contributed by atoms with Gasteiger partial charge < -0.3 is 15.0 Å². The van der Waals surface area contributed by atoms with Crippen molar-refractivity contribution < 1.29 is 9.13 Å². The quantitative estimate of drug-likeness (QED) is 0.608. The van der Waals surface area contributed by atoms with Gasteiger partial charge in [0.1, 0.15) is 16.7 Å². The van der Waals surface area contributed by atoms with Crippen molar-refractivity contribution in [3.63, 3.8) is 0 Å². The lowest BCUT2D eigenvalue weighted by Crippen LogP contribution is -2.53. The van der Waals surface area contributed by atoms with E-state index in [0.717, 1.165) is 73.3 Å². The first kappa shape index (κ1) is 25.0. The number of amidine groups is 1. The molecule has 3 heterocycles. The number of benzene rings is 1. The van der Waals surface area contributed by atoms with Crippen molar-refractivity contribution in [2.75, 3.05) is 45.7 Å². The Morgan fingerprint density at radius 2 is 2.12 bits per heavy atom. The zero-order chi connectivity index (χ0) is 20.7. The molecule has 3 aliphatic rings. The van der Waals surface area contributed by atoms with E-state index in [-0.39, 0.29) is 30.6 Å². The highest BCUT2D eigenvalue weighted by Crippen LogP contribution is 2.44. The number of anilines is 2. The number of ether oxygens (including phenoxy) is 1. The Labute approximate surface area is 205 Å². The van der Waals surface area contributed by atoms with Crippen LogP contribution in [0.2, 0.25) is 0 Å². The predicted octanol–water partition coefficient (Wildman–Crippen LogP) is 5.48. The van der Waals surface area contributed by atoms with Crippen molar-refractivity contribution in [1.82, 2.24) is 9.80 Å². The van der Waals surface area contributed by atoms with Crippen LogP contribution in [0.5, 0.6) is 0 Å². The fourth-order valence-electron chi connectivity index (χ4n) is 4.51. The summed E-state index contributed by atoms with van der Waals surface area (Å²) in [6.07, 6.45) is 7.59. The first-order valence-corrected chi connectivity index (χ1v) is 11.4. The molecule has 1 saturated heterocycles. The average Bonchev–Trinajstić information content (AvgIpc) is 3.02. The number of thiophene rings is 1. The third-order valence-corrected chi connectivity index (χ3v) is 7.41. The Hall–Kier alpha value is -1.64. The first-order valence-electron chi connectivity index (χ1n) is 10.6. The molecule has 2 aliphatic heterocycles. The number of fused-ring (bicyclic) bond motifs is 4. The SMILES string of the molecule is COCC[C@H]1CN(C2=Nc3ccc(F)cc3Nc3sc4c(c32)C=CCC4)CCN1C.Cl.Cl. The van der Waals surface area contributed by atoms with Crippen molar-refractivity contribution in [2.24, 2.45) is 4.99 Å². The summed E-state index contributed by atoms with van der Waals surface area (Å²) in [5, 5.41) is 4.57. The van der Waals surface area contributed by atoms with Gasteiger partial charge in [-0.1, -0.05) is 12.2 Å². The van der Waals surface area contributed by atoms with Crippen LogP contribution in [0.1, 0.15) is 28.8 Å². The van der Waals surface area contributed by atoms with Crippen LogP contribution < -0.4 is 5.32 Å². The van der Waals surface area contributed by atoms with Gasteiger partial charge in [-0.2, -0.15) is 0 Å². The molecule has 1 aromatic carbocycles. The molecule has 32 heavy (non-hydrogen) atoms. The monoisotopic (exact) mass is 498 g/mol. The maximum Gasteiger partial charge on any atom is 0.140 e. The maximum absolute atomic E-state index is 14.0. The third kappa shape index (κ3) is 4.68. The topological polar surface area (TPSA) is 40.1 Å². The Kier molecular flexibility index (Phi) is 8.22. The van der Waals surface area contributed by atoms with E-state index in [0.29, 0.717) is 6.04 Å². The number of hydrogen-bond acceptors (Lipinski definition) is 6. The minimum absolute atomic E-state index is 0. The number of halogens is 3. The molecule has 9 heteroatoms. The van der Waals surface area contributed by atoms with E-state index < -0.39 is 0 Å². The van der Waals surface area contributed by atoms with E-state index in [1.54, 1.807) is 30.6 Å². The summed E-state index contributed by atoms with van der Waals surface area (Å²) in [7, 11) is 3.95. The van der Waals surface area contributed by atoms with E-state index in [4.69, 9.17) is 9.73 Å². The molecule has 1 N–H and O–H groups in total. The van der Waals surface area contributed by atoms with E-state index in [9.17, 15) is 4.39 Å². The molecule has 0 radical (unpaired) electrons. The van der Waals surface area contributed by atoms with Crippen LogP contribution in [0.15, 0.2) is 29.3 Å². The van der Waals surface area contributed by atoms with Crippen molar-refractivity contribution in [3.8, 4) is 0 Å². The summed E-state index contributed by atoms with van der Waals surface area (Å²) in [5.74, 6) is 0.754. The number of hydrogen-bond donors (Lipinski definition) is 1. The molecule has 0 amide bonds. The van der Waals surface area contributed by atoms with Crippen LogP contribution in [-0.4, -0.2) is 62.1 Å². The number of nitrogens with zero attached hydrogens (tertiary/aromatic N) is 3. The number of nitrogens with one attached hydrogen (secondary N) is 1. The molecule has 0 unspecified atom stereocenters. The highest BCUT2D eigenvalue weighted by molar-refractivity contribution is 7.17. The van der Waals surface area contributed by atoms with Crippen molar-refractivity contribution in [1.29, 1.82) is 0 Å². The van der Waals surface area contributed by atoms with E-state index in [1.165, 1.54) is 16.5 Å². The van der Waals surface area contributed by atoms with Crippen LogP contribution >= 0.6 is 36.2 Å². The molecule has 1 fully saturated rings. The lowest BCUT2D eigenvalue weighted by Gasteiger charge is -2.41. The molecular weight excluding hydrogens is 470 g/mol. The Bertz CT molecular complexity index is 1030. The van der Waals surface area contributed by atoms with Gasteiger partial charge in [0, 0.05) is 49.8 Å². The molecule has 0 spiro atoms. The van der Waals surface area contributed by atoms with E-state index >= 15 is 0 Å². The van der Waals surface area contributed by atoms with Crippen LogP contribution in [0.4, 0.5) is 20.8 Å². The number of piperazine rings is 1. The molecular formula is C23H29Cl2FN4OS. The number of likely N-dealkylation sites (N-methyl/N-ethyl adjacent to an activating group) is 1. The van der Waals surface area contributed by atoms with Gasteiger partial charge in [0.2, 0.25) is 0 Å². The number of methoxy groups -OCH3 is 1. The summed E-state index contributed by atoms with van der Waals surface area (Å²) in [6.45, 7) is 3.56. The van der Waals surface area contributed by atoms with Gasteiger partial charge in [-0.3, -0.25) is 4.90 Å². The van der Waals surface area contributed by atoms with Crippen molar-refractivity contribution in [2.45, 2.75) is 25.3 Å². The second-order valence-electron chi connectivity index (χ2n) is 8.17. The summed E-state index contributed by atoms with van der Waals surface area (Å²) in [6, 6.07) is 5.22. The molecule has 174 valence electrons. The molecule has 1 atom stereocenters. The van der Waals surface area contributed by atoms with E-state index in [2.05, 4.69) is 34.3 Å². The molecule has 5 nitrogen and oxygen atoms in total. The largest absolute Gasteiger partial charge is 0.385 e. The zero-order valence-corrected chi connectivity index (χ0v) is 20.7. The highest BCUT2D eigenvalue weighted by atomic mass is 35.5. The van der Waals surface area contributed by atoms with Crippen LogP contribution in [0.3, 0.4) is 0 Å². The lowest BCUT2D eigenvalue weighted by atomic mass is 10.00. The molecule has 5 rings (SSSR count). The number of rotatable bonds is 3. The smallest absolute Gasteiger partial charge is 0.140 e. The molecule has 1 aromatic heterocycles. The average molecular weight is 499 g/mol. The van der Waals surface area contributed by atoms with Gasteiger partial charge in [0.15, 0.2) is 0 Å². The fourth-order valence-corrected chi connectivity index (χ4v) is 5.72. The van der Waals surface area contributed by atoms with Gasteiger partial charge in [-0.05, 0) is 44.5 Å². The van der Waals surface area contributed by atoms with Gasteiger partial charge in [-0.15, -0.1) is 36.2 Å². The Morgan fingerprint density at radius 3 is 2.94 bits per heavy atom. The second kappa shape index (κ2) is 10.5. The second-order valence-corrected chi connectivity index (χ2v) is 9.27. The fraction of sp³-hybridized carbons (Fsp3) is 0.435. The normalized spacial score (nSPS) is 19.4. The minimum Gasteiger partial charge on any atom is -0.385 e. The van der Waals surface area contributed by atoms with E-state index in [1.807, 2.05) is 0 Å². The van der Waals surface area contributed by atoms with Gasteiger partial charge >= 0.3 is 0 Å². The maximum atomic E-state index is 14.0. The zero-order valence-electron chi connectivity index (χ0n) is 18.3. The Morgan fingerprint density at radius 1 is 1.28 bits per heavy atom. The third-order valence-electron chi connectivity index (χ3n) is 6.23. The van der Waals surface area contributed by atoms with Crippen LogP contribution in [0.25, 0.3) is 6.08 Å². The first-order chi connectivity index (χ1) is 14.6. The molecule has 1 aliphatic carbocycles. The van der Waals surface area contributed by atoms with Crippen molar-refractivity contribution in [3.05, 3.63) is 46.1 Å². The number of allylic oxidation sites excluding steroid dienone is 1. The highest BCUT2D eigenvalue weighted by Gasteiger charge is 2.32. The van der Waals surface area contributed by atoms with Crippen molar-refractivity contribution >= 4 is 64.4 Å². The Balaban J connectivity index is 0.00000144. The van der Waals surface area contributed by atoms with Crippen LogP contribution in [0, 0.1) is 5.82 Å².